The lowest BCUT2D eigenvalue weighted by atomic mass is 10.0. The van der Waals surface area contributed by atoms with Gasteiger partial charge in [0, 0.05) is 31.2 Å². The van der Waals surface area contributed by atoms with E-state index >= 15 is 0 Å². The van der Waals surface area contributed by atoms with Crippen LogP contribution in [0.5, 0.6) is 0 Å². The van der Waals surface area contributed by atoms with Gasteiger partial charge in [-0.15, -0.1) is 24.8 Å². The molecule has 5 nitrogen and oxygen atoms in total. The molecule has 2 N–H and O–H groups in total. The Hall–Kier alpha value is -0.620. The molecule has 7 heteroatoms. The summed E-state index contributed by atoms with van der Waals surface area (Å²) in [5.74, 6) is 1.37. The summed E-state index contributed by atoms with van der Waals surface area (Å²) in [4.78, 5) is 11.1. The van der Waals surface area contributed by atoms with Gasteiger partial charge in [0.1, 0.15) is 12.1 Å². The first-order valence-electron chi connectivity index (χ1n) is 6.68. The van der Waals surface area contributed by atoms with Crippen LogP contribution in [0.1, 0.15) is 43.5 Å². The molecule has 1 aliphatic carbocycles. The van der Waals surface area contributed by atoms with Gasteiger partial charge in [0.05, 0.1) is 11.8 Å². The molecule has 20 heavy (non-hydrogen) atoms. The molecule has 1 saturated heterocycles. The van der Waals surface area contributed by atoms with Gasteiger partial charge in [0.25, 0.3) is 0 Å². The molecule has 0 saturated carbocycles. The predicted molar refractivity (Wildman–Crippen MR) is 84.2 cm³/mol. The van der Waals surface area contributed by atoms with E-state index in [4.69, 9.17) is 0 Å². The molecule has 3 rings (SSSR count). The molecule has 0 bridgehead atoms. The van der Waals surface area contributed by atoms with Gasteiger partial charge in [-0.25, -0.2) is 9.97 Å². The molecular formula is C13H22Cl2N4O. The van der Waals surface area contributed by atoms with Crippen LogP contribution in [0.3, 0.4) is 0 Å². The maximum absolute atomic E-state index is 10.0. The Morgan fingerprint density at radius 1 is 1.30 bits per heavy atom. The molecule has 2 aliphatic rings. The van der Waals surface area contributed by atoms with Crippen molar-refractivity contribution in [3.8, 4) is 0 Å². The van der Waals surface area contributed by atoms with Gasteiger partial charge < -0.3 is 15.3 Å². The van der Waals surface area contributed by atoms with Crippen molar-refractivity contribution >= 4 is 30.6 Å². The third-order valence-corrected chi connectivity index (χ3v) is 4.05. The van der Waals surface area contributed by atoms with E-state index in [1.54, 1.807) is 6.33 Å². The lowest BCUT2D eigenvalue weighted by Crippen LogP contribution is -2.50. The fourth-order valence-corrected chi connectivity index (χ4v) is 3.09. The fraction of sp³-hybridized carbons (Fsp3) is 0.692. The molecule has 0 radical (unpaired) electrons. The number of halogens is 2. The third-order valence-electron chi connectivity index (χ3n) is 4.05. The second-order valence-corrected chi connectivity index (χ2v) is 5.40. The van der Waals surface area contributed by atoms with Gasteiger partial charge in [-0.3, -0.25) is 0 Å². The van der Waals surface area contributed by atoms with Crippen LogP contribution in [0.15, 0.2) is 6.33 Å². The molecule has 2 heterocycles. The maximum atomic E-state index is 10.0. The van der Waals surface area contributed by atoms with Crippen molar-refractivity contribution in [1.82, 2.24) is 15.3 Å². The number of aliphatic hydroxyl groups excluding tert-OH is 1. The summed E-state index contributed by atoms with van der Waals surface area (Å²) in [6.07, 6.45) is 1.93. The molecule has 0 amide bonds. The smallest absolute Gasteiger partial charge is 0.136 e. The normalized spacial score (nSPS) is 28.4. The number of aromatic nitrogens is 2. The third kappa shape index (κ3) is 2.86. The minimum absolute atomic E-state index is 0. The number of rotatable bonds is 1. The van der Waals surface area contributed by atoms with Crippen molar-refractivity contribution in [2.75, 3.05) is 24.5 Å². The second kappa shape index (κ2) is 6.89. The number of nitrogens with one attached hydrogen (secondary N) is 1. The summed E-state index contributed by atoms with van der Waals surface area (Å²) in [6.45, 7) is 7.29. The van der Waals surface area contributed by atoms with Gasteiger partial charge >= 0.3 is 0 Å². The van der Waals surface area contributed by atoms with Crippen LogP contribution in [0.25, 0.3) is 0 Å². The second-order valence-electron chi connectivity index (χ2n) is 5.40. The summed E-state index contributed by atoms with van der Waals surface area (Å²) in [5.41, 5.74) is 1.98. The van der Waals surface area contributed by atoms with Crippen LogP contribution in [0.4, 0.5) is 5.82 Å². The van der Waals surface area contributed by atoms with Gasteiger partial charge in [0.15, 0.2) is 0 Å². The first-order chi connectivity index (χ1) is 8.68. The highest BCUT2D eigenvalue weighted by molar-refractivity contribution is 5.85. The van der Waals surface area contributed by atoms with Crippen molar-refractivity contribution < 1.29 is 5.11 Å². The molecule has 0 aromatic carbocycles. The minimum Gasteiger partial charge on any atom is -0.387 e. The van der Waals surface area contributed by atoms with Crippen LogP contribution < -0.4 is 10.2 Å². The minimum atomic E-state index is -0.421. The van der Waals surface area contributed by atoms with E-state index in [0.717, 1.165) is 43.1 Å². The molecule has 1 fully saturated rings. The lowest BCUT2D eigenvalue weighted by Gasteiger charge is -2.36. The van der Waals surface area contributed by atoms with Crippen molar-refractivity contribution in [2.45, 2.75) is 38.3 Å². The summed E-state index contributed by atoms with van der Waals surface area (Å²) in [7, 11) is 0. The maximum Gasteiger partial charge on any atom is 0.136 e. The lowest BCUT2D eigenvalue weighted by molar-refractivity contribution is 0.170. The number of aliphatic hydroxyl groups is 1. The van der Waals surface area contributed by atoms with E-state index in [1.165, 1.54) is 0 Å². The van der Waals surface area contributed by atoms with Crippen LogP contribution >= 0.6 is 24.8 Å². The van der Waals surface area contributed by atoms with Crippen LogP contribution in [-0.2, 0) is 0 Å². The standard InChI is InChI=1S/C13H20N4O.2ClH/c1-8-5-10(18)12-11(8)13(16-7-15-12)17-4-3-14-6-9(17)2;;/h7-10,14,18H,3-6H2,1-2H3;2*1H/t8?,9-,10+;;/m0../s1. The Labute approximate surface area is 132 Å². The van der Waals surface area contributed by atoms with Crippen molar-refractivity contribution in [2.24, 2.45) is 0 Å². The van der Waals surface area contributed by atoms with Gasteiger partial charge in [0.2, 0.25) is 0 Å². The van der Waals surface area contributed by atoms with E-state index in [1.807, 2.05) is 0 Å². The molecule has 114 valence electrons. The molecule has 1 aromatic rings. The number of fused-ring (bicyclic) bond motifs is 1. The quantitative estimate of drug-likeness (QED) is 0.824. The fourth-order valence-electron chi connectivity index (χ4n) is 3.09. The Morgan fingerprint density at radius 3 is 2.75 bits per heavy atom. The molecule has 0 spiro atoms. The molecule has 1 unspecified atom stereocenters. The first kappa shape index (κ1) is 17.4. The average molecular weight is 321 g/mol. The highest BCUT2D eigenvalue weighted by atomic mass is 35.5. The number of anilines is 1. The molecule has 1 aromatic heterocycles. The summed E-state index contributed by atoms with van der Waals surface area (Å²) < 4.78 is 0. The highest BCUT2D eigenvalue weighted by Gasteiger charge is 2.34. The Kier molecular flexibility index (Phi) is 6.01. The van der Waals surface area contributed by atoms with Gasteiger partial charge in [-0.05, 0) is 19.3 Å². The zero-order valence-corrected chi connectivity index (χ0v) is 13.4. The number of nitrogens with zero attached hydrogens (tertiary/aromatic N) is 3. The molecule has 1 aliphatic heterocycles. The molecular weight excluding hydrogens is 299 g/mol. The zero-order chi connectivity index (χ0) is 12.7. The Balaban J connectivity index is 0.000001000. The SMILES string of the molecule is CC1C[C@@H](O)c2ncnc(N3CCNC[C@@H]3C)c21.Cl.Cl. The average Bonchev–Trinajstić information content (AvgIpc) is 2.66. The number of hydrogen-bond acceptors (Lipinski definition) is 5. The van der Waals surface area contributed by atoms with E-state index in [-0.39, 0.29) is 24.8 Å². The topological polar surface area (TPSA) is 61.3 Å². The number of hydrogen-bond donors (Lipinski definition) is 2. The van der Waals surface area contributed by atoms with Gasteiger partial charge in [-0.1, -0.05) is 6.92 Å². The van der Waals surface area contributed by atoms with E-state index in [0.29, 0.717) is 12.0 Å². The van der Waals surface area contributed by atoms with Crippen LogP contribution in [0, 0.1) is 0 Å². The van der Waals surface area contributed by atoms with Crippen molar-refractivity contribution in [3.05, 3.63) is 17.6 Å². The van der Waals surface area contributed by atoms with Gasteiger partial charge in [-0.2, -0.15) is 0 Å². The van der Waals surface area contributed by atoms with Crippen molar-refractivity contribution in [3.63, 3.8) is 0 Å². The van der Waals surface area contributed by atoms with Crippen molar-refractivity contribution in [1.29, 1.82) is 0 Å². The number of piperazine rings is 1. The summed E-state index contributed by atoms with van der Waals surface area (Å²) in [5, 5.41) is 13.4. The van der Waals surface area contributed by atoms with Crippen LogP contribution in [-0.4, -0.2) is 40.8 Å². The highest BCUT2D eigenvalue weighted by Crippen LogP contribution is 2.43. The van der Waals surface area contributed by atoms with Crippen LogP contribution in [0.2, 0.25) is 0 Å². The van der Waals surface area contributed by atoms with E-state index in [2.05, 4.69) is 34.0 Å². The Morgan fingerprint density at radius 2 is 2.05 bits per heavy atom. The predicted octanol–water partition coefficient (Wildman–Crippen LogP) is 1.66. The Bertz CT molecular complexity index is 460. The zero-order valence-electron chi connectivity index (χ0n) is 11.7. The largest absolute Gasteiger partial charge is 0.387 e. The molecule has 3 atom stereocenters. The van der Waals surface area contributed by atoms with E-state index in [9.17, 15) is 5.11 Å². The first-order valence-corrected chi connectivity index (χ1v) is 6.68. The van der Waals surface area contributed by atoms with E-state index < -0.39 is 6.10 Å². The monoisotopic (exact) mass is 320 g/mol. The summed E-state index contributed by atoms with van der Waals surface area (Å²) >= 11 is 0. The summed E-state index contributed by atoms with van der Waals surface area (Å²) in [6, 6.07) is 0.433.